The first-order valence-electron chi connectivity index (χ1n) is 6.32. The standard InChI is InChI=1S/C13H16FNO2S/c14-11-2-1-3-12(8-11)18(16,17)15-13-7-9-4-5-10(13)6-9/h1-3,8-10,13,15H,4-7H2. The van der Waals surface area contributed by atoms with Gasteiger partial charge in [0.1, 0.15) is 5.82 Å². The summed E-state index contributed by atoms with van der Waals surface area (Å²) in [5, 5.41) is 0. The lowest BCUT2D eigenvalue weighted by Gasteiger charge is -2.22. The monoisotopic (exact) mass is 269 g/mol. The molecule has 0 heterocycles. The molecule has 2 aliphatic rings. The maximum Gasteiger partial charge on any atom is 0.240 e. The largest absolute Gasteiger partial charge is 0.240 e. The Morgan fingerprint density at radius 1 is 1.22 bits per heavy atom. The third kappa shape index (κ3) is 2.17. The van der Waals surface area contributed by atoms with Crippen LogP contribution in [0, 0.1) is 17.7 Å². The molecule has 1 aromatic carbocycles. The highest BCUT2D eigenvalue weighted by atomic mass is 32.2. The third-order valence-electron chi connectivity index (χ3n) is 4.15. The molecule has 2 bridgehead atoms. The normalized spacial score (nSPS) is 30.8. The van der Waals surface area contributed by atoms with Crippen molar-refractivity contribution in [3.05, 3.63) is 30.1 Å². The van der Waals surface area contributed by atoms with Crippen LogP contribution in [0.4, 0.5) is 4.39 Å². The van der Waals surface area contributed by atoms with Crippen molar-refractivity contribution >= 4 is 10.0 Å². The molecule has 18 heavy (non-hydrogen) atoms. The summed E-state index contributed by atoms with van der Waals surface area (Å²) in [7, 11) is -3.58. The van der Waals surface area contributed by atoms with Crippen LogP contribution in [0.25, 0.3) is 0 Å². The predicted molar refractivity (Wildman–Crippen MR) is 66.0 cm³/mol. The van der Waals surface area contributed by atoms with E-state index in [-0.39, 0.29) is 10.9 Å². The van der Waals surface area contributed by atoms with Gasteiger partial charge in [-0.3, -0.25) is 0 Å². The quantitative estimate of drug-likeness (QED) is 0.915. The zero-order chi connectivity index (χ0) is 12.8. The smallest absolute Gasteiger partial charge is 0.208 e. The molecular weight excluding hydrogens is 253 g/mol. The number of fused-ring (bicyclic) bond motifs is 2. The Balaban J connectivity index is 1.79. The minimum absolute atomic E-state index is 0.0188. The maximum atomic E-state index is 13.1. The summed E-state index contributed by atoms with van der Waals surface area (Å²) in [6, 6.07) is 5.20. The lowest BCUT2D eigenvalue weighted by Crippen LogP contribution is -2.38. The Morgan fingerprint density at radius 3 is 2.67 bits per heavy atom. The Morgan fingerprint density at radius 2 is 2.06 bits per heavy atom. The van der Waals surface area contributed by atoms with Gasteiger partial charge in [-0.15, -0.1) is 0 Å². The lowest BCUT2D eigenvalue weighted by atomic mass is 9.96. The van der Waals surface area contributed by atoms with Crippen molar-refractivity contribution in [3.8, 4) is 0 Å². The summed E-state index contributed by atoms with van der Waals surface area (Å²) in [4.78, 5) is 0.0188. The molecule has 0 saturated heterocycles. The molecule has 2 saturated carbocycles. The molecule has 0 spiro atoms. The van der Waals surface area contributed by atoms with E-state index in [4.69, 9.17) is 0 Å². The van der Waals surface area contributed by atoms with Crippen LogP contribution in [0.15, 0.2) is 29.2 Å². The predicted octanol–water partition coefficient (Wildman–Crippen LogP) is 2.29. The highest BCUT2D eigenvalue weighted by Crippen LogP contribution is 2.44. The van der Waals surface area contributed by atoms with E-state index in [9.17, 15) is 12.8 Å². The summed E-state index contributed by atoms with van der Waals surface area (Å²) in [6.07, 6.45) is 4.40. The minimum Gasteiger partial charge on any atom is -0.208 e. The zero-order valence-electron chi connectivity index (χ0n) is 9.97. The number of nitrogens with one attached hydrogen (secondary N) is 1. The number of rotatable bonds is 3. The number of hydrogen-bond acceptors (Lipinski definition) is 2. The number of hydrogen-bond donors (Lipinski definition) is 1. The van der Waals surface area contributed by atoms with E-state index in [1.54, 1.807) is 0 Å². The summed E-state index contributed by atoms with van der Waals surface area (Å²) in [5.74, 6) is 0.624. The molecule has 2 fully saturated rings. The highest BCUT2D eigenvalue weighted by molar-refractivity contribution is 7.89. The third-order valence-corrected chi connectivity index (χ3v) is 5.64. The number of benzene rings is 1. The lowest BCUT2D eigenvalue weighted by molar-refractivity contribution is 0.390. The van der Waals surface area contributed by atoms with E-state index in [1.807, 2.05) is 0 Å². The Hall–Kier alpha value is -0.940. The van der Waals surface area contributed by atoms with Crippen molar-refractivity contribution in [2.75, 3.05) is 0 Å². The average molecular weight is 269 g/mol. The van der Waals surface area contributed by atoms with E-state index in [1.165, 1.54) is 24.6 Å². The van der Waals surface area contributed by atoms with Gasteiger partial charge < -0.3 is 0 Å². The molecule has 2 aliphatic carbocycles. The number of sulfonamides is 1. The van der Waals surface area contributed by atoms with Crippen molar-refractivity contribution < 1.29 is 12.8 Å². The Bertz CT molecular complexity index is 558. The van der Waals surface area contributed by atoms with Crippen molar-refractivity contribution in [1.29, 1.82) is 0 Å². The van der Waals surface area contributed by atoms with Crippen LogP contribution in [-0.4, -0.2) is 14.5 Å². The van der Waals surface area contributed by atoms with Gasteiger partial charge in [-0.05, 0) is 49.3 Å². The molecule has 98 valence electrons. The van der Waals surface area contributed by atoms with Gasteiger partial charge in [0.2, 0.25) is 10.0 Å². The van der Waals surface area contributed by atoms with Crippen LogP contribution >= 0.6 is 0 Å². The second-order valence-corrected chi connectivity index (χ2v) is 7.07. The number of halogens is 1. The minimum atomic E-state index is -3.58. The van der Waals surface area contributed by atoms with Gasteiger partial charge >= 0.3 is 0 Å². The molecule has 3 atom stereocenters. The molecule has 3 unspecified atom stereocenters. The molecule has 0 aliphatic heterocycles. The van der Waals surface area contributed by atoms with Gasteiger partial charge in [0.05, 0.1) is 4.90 Å². The molecule has 0 aromatic heterocycles. The first-order valence-corrected chi connectivity index (χ1v) is 7.81. The Labute approximate surface area is 106 Å². The second kappa shape index (κ2) is 4.31. The highest BCUT2D eigenvalue weighted by Gasteiger charge is 2.41. The molecule has 1 N–H and O–H groups in total. The Kier molecular flexibility index (Phi) is 2.90. The summed E-state index contributed by atoms with van der Waals surface area (Å²) < 4.78 is 40.1. The first-order chi connectivity index (χ1) is 8.54. The summed E-state index contributed by atoms with van der Waals surface area (Å²) >= 11 is 0. The molecule has 3 rings (SSSR count). The second-order valence-electron chi connectivity index (χ2n) is 5.36. The van der Waals surface area contributed by atoms with Crippen molar-refractivity contribution in [1.82, 2.24) is 4.72 Å². The van der Waals surface area contributed by atoms with Crippen LogP contribution in [0.3, 0.4) is 0 Å². The van der Waals surface area contributed by atoms with Crippen LogP contribution in [0.5, 0.6) is 0 Å². The molecule has 0 radical (unpaired) electrons. The van der Waals surface area contributed by atoms with Crippen LogP contribution in [-0.2, 0) is 10.0 Å². The van der Waals surface area contributed by atoms with Crippen LogP contribution in [0.2, 0.25) is 0 Å². The van der Waals surface area contributed by atoms with Gasteiger partial charge in [0.15, 0.2) is 0 Å². The first kappa shape index (κ1) is 12.1. The van der Waals surface area contributed by atoms with E-state index >= 15 is 0 Å². The summed E-state index contributed by atoms with van der Waals surface area (Å²) in [6.45, 7) is 0. The SMILES string of the molecule is O=S(=O)(NC1CC2CCC1C2)c1cccc(F)c1. The fourth-order valence-corrected chi connectivity index (χ4v) is 4.64. The fraction of sp³-hybridized carbons (Fsp3) is 0.538. The topological polar surface area (TPSA) is 46.2 Å². The fourth-order valence-electron chi connectivity index (χ4n) is 3.29. The molecule has 1 aromatic rings. The van der Waals surface area contributed by atoms with Gasteiger partial charge in [-0.2, -0.15) is 0 Å². The van der Waals surface area contributed by atoms with Gasteiger partial charge in [0, 0.05) is 6.04 Å². The van der Waals surface area contributed by atoms with E-state index in [2.05, 4.69) is 4.72 Å². The van der Waals surface area contributed by atoms with Gasteiger partial charge in [-0.25, -0.2) is 17.5 Å². The molecule has 3 nitrogen and oxygen atoms in total. The zero-order valence-corrected chi connectivity index (χ0v) is 10.8. The van der Waals surface area contributed by atoms with Gasteiger partial charge in [-0.1, -0.05) is 12.5 Å². The average Bonchev–Trinajstić information content (AvgIpc) is 2.90. The van der Waals surface area contributed by atoms with E-state index < -0.39 is 15.8 Å². The van der Waals surface area contributed by atoms with Crippen LogP contribution < -0.4 is 4.72 Å². The van der Waals surface area contributed by atoms with Crippen molar-refractivity contribution in [2.45, 2.75) is 36.6 Å². The molecule has 0 amide bonds. The van der Waals surface area contributed by atoms with Crippen LogP contribution in [0.1, 0.15) is 25.7 Å². The molecular formula is C13H16FNO2S. The van der Waals surface area contributed by atoms with Gasteiger partial charge in [0.25, 0.3) is 0 Å². The van der Waals surface area contributed by atoms with E-state index in [0.29, 0.717) is 11.8 Å². The van der Waals surface area contributed by atoms with Crippen molar-refractivity contribution in [3.63, 3.8) is 0 Å². The maximum absolute atomic E-state index is 13.1. The van der Waals surface area contributed by atoms with E-state index in [0.717, 1.165) is 25.3 Å². The molecule has 5 heteroatoms. The summed E-state index contributed by atoms with van der Waals surface area (Å²) in [5.41, 5.74) is 0. The van der Waals surface area contributed by atoms with Crippen molar-refractivity contribution in [2.24, 2.45) is 11.8 Å².